The van der Waals surface area contributed by atoms with Crippen molar-refractivity contribution in [3.05, 3.63) is 0 Å². The van der Waals surface area contributed by atoms with Crippen molar-refractivity contribution in [2.75, 3.05) is 7.05 Å². The number of nitrogens with two attached hydrogens (primary N) is 2. The topological polar surface area (TPSA) is 55.3 Å². The molecule has 0 aliphatic heterocycles. The van der Waals surface area contributed by atoms with Crippen molar-refractivity contribution in [1.82, 2.24) is 4.90 Å². The molecule has 0 heterocycles. The minimum absolute atomic E-state index is 0.424. The molecular weight excluding hydrogens is 222 g/mol. The second-order valence-electron chi connectivity index (χ2n) is 6.88. The molecule has 0 saturated heterocycles. The van der Waals surface area contributed by atoms with Crippen molar-refractivity contribution in [1.29, 1.82) is 0 Å². The Morgan fingerprint density at radius 1 is 0.778 bits per heavy atom. The highest BCUT2D eigenvalue weighted by molar-refractivity contribution is 4.90. The highest BCUT2D eigenvalue weighted by Crippen LogP contribution is 2.32. The van der Waals surface area contributed by atoms with Gasteiger partial charge in [-0.1, -0.05) is 13.8 Å². The van der Waals surface area contributed by atoms with Crippen LogP contribution >= 0.6 is 0 Å². The van der Waals surface area contributed by atoms with Gasteiger partial charge in [-0.2, -0.15) is 0 Å². The van der Waals surface area contributed by atoms with Crippen LogP contribution in [-0.4, -0.2) is 36.1 Å². The van der Waals surface area contributed by atoms with Gasteiger partial charge < -0.3 is 16.4 Å². The summed E-state index contributed by atoms with van der Waals surface area (Å²) in [6, 6.07) is 2.33. The summed E-state index contributed by atoms with van der Waals surface area (Å²) < 4.78 is 0. The minimum atomic E-state index is 0.424. The van der Waals surface area contributed by atoms with E-state index in [-0.39, 0.29) is 0 Å². The van der Waals surface area contributed by atoms with Crippen molar-refractivity contribution in [2.24, 2.45) is 23.3 Å². The Labute approximate surface area is 112 Å². The monoisotopic (exact) mass is 253 g/mol. The van der Waals surface area contributed by atoms with E-state index in [9.17, 15) is 0 Å². The van der Waals surface area contributed by atoms with E-state index >= 15 is 0 Å². The maximum atomic E-state index is 6.12. The van der Waals surface area contributed by atoms with Gasteiger partial charge in [0.2, 0.25) is 0 Å². The Balaban J connectivity index is 1.89. The van der Waals surface area contributed by atoms with E-state index in [0.29, 0.717) is 23.9 Å². The molecule has 2 saturated carbocycles. The highest BCUT2D eigenvalue weighted by Gasteiger charge is 2.33. The zero-order valence-electron chi connectivity index (χ0n) is 12.3. The average molecular weight is 253 g/mol. The van der Waals surface area contributed by atoms with Gasteiger partial charge in [-0.3, -0.25) is 0 Å². The van der Waals surface area contributed by atoms with E-state index in [4.69, 9.17) is 11.5 Å². The summed E-state index contributed by atoms with van der Waals surface area (Å²) in [6.07, 6.45) is 7.48. The zero-order valence-corrected chi connectivity index (χ0v) is 12.3. The van der Waals surface area contributed by atoms with Gasteiger partial charge in [-0.25, -0.2) is 0 Å². The molecule has 2 fully saturated rings. The molecule has 2 rings (SSSR count). The molecule has 4 N–H and O–H groups in total. The first-order chi connectivity index (χ1) is 8.49. The normalized spacial score (nSPS) is 46.3. The van der Waals surface area contributed by atoms with Crippen LogP contribution in [0.4, 0.5) is 0 Å². The van der Waals surface area contributed by atoms with Crippen molar-refractivity contribution in [2.45, 2.75) is 76.5 Å². The fraction of sp³-hybridized carbons (Fsp3) is 1.00. The lowest BCUT2D eigenvalue weighted by Gasteiger charge is -2.44. The lowest BCUT2D eigenvalue weighted by atomic mass is 9.79. The number of hydrogen-bond donors (Lipinski definition) is 2. The Morgan fingerprint density at radius 2 is 1.17 bits per heavy atom. The molecule has 0 aromatic heterocycles. The van der Waals surface area contributed by atoms with Gasteiger partial charge in [0.15, 0.2) is 0 Å². The van der Waals surface area contributed by atoms with Crippen LogP contribution in [0.2, 0.25) is 0 Å². The third-order valence-electron chi connectivity index (χ3n) is 5.57. The third kappa shape index (κ3) is 3.06. The van der Waals surface area contributed by atoms with Gasteiger partial charge >= 0.3 is 0 Å². The summed E-state index contributed by atoms with van der Waals surface area (Å²) in [5, 5.41) is 0. The van der Waals surface area contributed by atoms with E-state index in [1.165, 1.54) is 38.5 Å². The molecule has 3 nitrogen and oxygen atoms in total. The van der Waals surface area contributed by atoms with Gasteiger partial charge in [-0.15, -0.1) is 0 Å². The Morgan fingerprint density at radius 3 is 1.50 bits per heavy atom. The second-order valence-corrected chi connectivity index (χ2v) is 6.88. The fourth-order valence-corrected chi connectivity index (χ4v) is 3.82. The molecular formula is C15H31N3. The predicted molar refractivity (Wildman–Crippen MR) is 77.3 cm³/mol. The van der Waals surface area contributed by atoms with E-state index in [1.807, 2.05) is 0 Å². The Hall–Kier alpha value is -0.120. The molecule has 18 heavy (non-hydrogen) atoms. The summed E-state index contributed by atoms with van der Waals surface area (Å²) in [4.78, 5) is 2.64. The summed E-state index contributed by atoms with van der Waals surface area (Å²) in [5.74, 6) is 1.35. The molecule has 0 aromatic rings. The molecule has 2 aliphatic carbocycles. The van der Waals surface area contributed by atoms with E-state index in [0.717, 1.165) is 12.1 Å². The van der Waals surface area contributed by atoms with Crippen LogP contribution in [-0.2, 0) is 0 Å². The first-order valence-corrected chi connectivity index (χ1v) is 7.72. The van der Waals surface area contributed by atoms with Crippen molar-refractivity contribution in [3.8, 4) is 0 Å². The predicted octanol–water partition coefficient (Wildman–Crippen LogP) is 1.95. The van der Waals surface area contributed by atoms with Crippen LogP contribution < -0.4 is 11.5 Å². The van der Waals surface area contributed by atoms with Crippen molar-refractivity contribution in [3.63, 3.8) is 0 Å². The van der Waals surface area contributed by atoms with Crippen LogP contribution in [0.5, 0.6) is 0 Å². The zero-order chi connectivity index (χ0) is 13.3. The van der Waals surface area contributed by atoms with Crippen LogP contribution in [0.15, 0.2) is 0 Å². The van der Waals surface area contributed by atoms with Crippen LogP contribution in [0, 0.1) is 11.8 Å². The van der Waals surface area contributed by atoms with Gasteiger partial charge in [0.25, 0.3) is 0 Å². The SMILES string of the molecule is CC1CC(N(C)C2CCC(N)C(C)C2)CCC1N. The largest absolute Gasteiger partial charge is 0.327 e. The van der Waals surface area contributed by atoms with Gasteiger partial charge in [0.1, 0.15) is 0 Å². The molecule has 6 unspecified atom stereocenters. The first-order valence-electron chi connectivity index (χ1n) is 7.72. The van der Waals surface area contributed by atoms with Crippen LogP contribution in [0.1, 0.15) is 52.4 Å². The molecule has 0 radical (unpaired) electrons. The Kier molecular flexibility index (Phi) is 4.68. The van der Waals surface area contributed by atoms with E-state index < -0.39 is 0 Å². The first kappa shape index (κ1) is 14.3. The summed E-state index contributed by atoms with van der Waals surface area (Å²) in [6.45, 7) is 4.62. The standard InChI is InChI=1S/C15H31N3/c1-10-8-12(4-6-14(10)16)18(3)13-5-7-15(17)11(2)9-13/h10-15H,4-9,16-17H2,1-3H3. The minimum Gasteiger partial charge on any atom is -0.327 e. The molecule has 0 aromatic carbocycles. The smallest absolute Gasteiger partial charge is 0.00988 e. The number of hydrogen-bond acceptors (Lipinski definition) is 3. The third-order valence-corrected chi connectivity index (χ3v) is 5.57. The lowest BCUT2D eigenvalue weighted by molar-refractivity contribution is 0.0728. The number of nitrogens with zero attached hydrogens (tertiary/aromatic N) is 1. The molecule has 106 valence electrons. The molecule has 3 heteroatoms. The maximum Gasteiger partial charge on any atom is 0.00988 e. The van der Waals surface area contributed by atoms with Crippen molar-refractivity contribution >= 4 is 0 Å². The van der Waals surface area contributed by atoms with Crippen molar-refractivity contribution < 1.29 is 0 Å². The van der Waals surface area contributed by atoms with Crippen LogP contribution in [0.3, 0.4) is 0 Å². The maximum absolute atomic E-state index is 6.12. The lowest BCUT2D eigenvalue weighted by Crippen LogP contribution is -2.50. The van der Waals surface area contributed by atoms with Gasteiger partial charge in [0, 0.05) is 24.2 Å². The van der Waals surface area contributed by atoms with Gasteiger partial charge in [-0.05, 0) is 57.4 Å². The molecule has 6 atom stereocenters. The molecule has 0 bridgehead atoms. The second kappa shape index (κ2) is 5.89. The molecule has 0 amide bonds. The highest BCUT2D eigenvalue weighted by atomic mass is 15.2. The van der Waals surface area contributed by atoms with Gasteiger partial charge in [0.05, 0.1) is 0 Å². The molecule has 2 aliphatic rings. The van der Waals surface area contributed by atoms with Crippen LogP contribution in [0.25, 0.3) is 0 Å². The number of rotatable bonds is 2. The quantitative estimate of drug-likeness (QED) is 0.791. The average Bonchev–Trinajstić information content (AvgIpc) is 2.35. The summed E-state index contributed by atoms with van der Waals surface area (Å²) in [5.41, 5.74) is 12.2. The fourth-order valence-electron chi connectivity index (χ4n) is 3.82. The summed E-state index contributed by atoms with van der Waals surface area (Å²) >= 11 is 0. The summed E-state index contributed by atoms with van der Waals surface area (Å²) in [7, 11) is 2.32. The Bertz CT molecular complexity index is 242. The van der Waals surface area contributed by atoms with E-state index in [1.54, 1.807) is 0 Å². The van der Waals surface area contributed by atoms with E-state index in [2.05, 4.69) is 25.8 Å². The molecule has 0 spiro atoms.